The molecule has 128 valence electrons. The van der Waals surface area contributed by atoms with Gasteiger partial charge in [0.15, 0.2) is 0 Å². The summed E-state index contributed by atoms with van der Waals surface area (Å²) in [5, 5.41) is 9.89. The number of nitrogens with two attached hydrogens (primary N) is 1. The average Bonchev–Trinajstić information content (AvgIpc) is 2.60. The van der Waals surface area contributed by atoms with E-state index in [4.69, 9.17) is 11.1 Å². The van der Waals surface area contributed by atoms with Crippen LogP contribution < -0.4 is 11.1 Å². The summed E-state index contributed by atoms with van der Waals surface area (Å²) in [5.74, 6) is -0.894. The molecule has 0 radical (unpaired) electrons. The normalized spacial score (nSPS) is 11.5. The molecule has 0 aliphatic rings. The number of aryl methyl sites for hydroxylation is 1. The topological polar surface area (TPSA) is 91.9 Å². The van der Waals surface area contributed by atoms with Crippen molar-refractivity contribution in [3.8, 4) is 0 Å². The zero-order valence-corrected chi connectivity index (χ0v) is 13.8. The fraction of sp³-hybridized carbons (Fsp3) is 0.105. The third-order valence-corrected chi connectivity index (χ3v) is 3.54. The first-order chi connectivity index (χ1) is 12.0. The Morgan fingerprint density at radius 1 is 1.40 bits per heavy atom. The number of amides is 1. The Kier molecular flexibility index (Phi) is 6.17. The Morgan fingerprint density at radius 3 is 2.88 bits per heavy atom. The number of halogens is 1. The maximum atomic E-state index is 13.7. The van der Waals surface area contributed by atoms with Gasteiger partial charge in [0.1, 0.15) is 5.82 Å². The van der Waals surface area contributed by atoms with Gasteiger partial charge in [0.2, 0.25) is 5.91 Å². The van der Waals surface area contributed by atoms with E-state index in [1.807, 2.05) is 0 Å². The van der Waals surface area contributed by atoms with Gasteiger partial charge in [-0.2, -0.15) is 0 Å². The highest BCUT2D eigenvalue weighted by Crippen LogP contribution is 2.17. The molecular formula is C19H19FN4O. The number of aromatic nitrogens is 1. The molecule has 2 rings (SSSR count). The Morgan fingerprint density at radius 2 is 2.20 bits per heavy atom. The number of benzene rings is 1. The van der Waals surface area contributed by atoms with Gasteiger partial charge in [-0.05, 0) is 54.3 Å². The Labute approximate surface area is 145 Å². The number of anilines is 1. The molecule has 1 aromatic carbocycles. The zero-order valence-electron chi connectivity index (χ0n) is 13.8. The standard InChI is InChI=1S/C19H19FN4O/c1-13-5-6-18(17(20)9-13)24-19(25)4-2-3-14-12-23-8-7-16(14)15(10-21)11-22/h2,4-12,21H,3,22H2,1H3,(H,24,25)/b4-2-,15-11+,21-10?. The molecule has 5 nitrogen and oxygen atoms in total. The number of hydrogen-bond donors (Lipinski definition) is 3. The van der Waals surface area contributed by atoms with Gasteiger partial charge in [0.05, 0.1) is 5.69 Å². The maximum Gasteiger partial charge on any atom is 0.248 e. The van der Waals surface area contributed by atoms with Gasteiger partial charge in [0.25, 0.3) is 0 Å². The highest BCUT2D eigenvalue weighted by Gasteiger charge is 2.06. The molecular weight excluding hydrogens is 319 g/mol. The number of carbonyl (C=O) groups is 1. The third kappa shape index (κ3) is 4.84. The van der Waals surface area contributed by atoms with Crippen LogP contribution in [0.15, 0.2) is 55.0 Å². The van der Waals surface area contributed by atoms with Crippen LogP contribution in [0, 0.1) is 18.2 Å². The number of carbonyl (C=O) groups excluding carboxylic acids is 1. The summed E-state index contributed by atoms with van der Waals surface area (Å²) in [6.07, 6.45) is 9.20. The summed E-state index contributed by atoms with van der Waals surface area (Å²) in [7, 11) is 0. The quantitative estimate of drug-likeness (QED) is 0.558. The fourth-order valence-electron chi connectivity index (χ4n) is 2.28. The fourth-order valence-corrected chi connectivity index (χ4v) is 2.28. The van der Waals surface area contributed by atoms with E-state index in [-0.39, 0.29) is 5.69 Å². The predicted molar refractivity (Wildman–Crippen MR) is 97.8 cm³/mol. The lowest BCUT2D eigenvalue weighted by Gasteiger charge is -2.07. The van der Waals surface area contributed by atoms with E-state index in [1.54, 1.807) is 37.5 Å². The lowest BCUT2D eigenvalue weighted by Crippen LogP contribution is -2.09. The van der Waals surface area contributed by atoms with Crippen molar-refractivity contribution in [3.05, 3.63) is 77.5 Å². The molecule has 2 aromatic rings. The van der Waals surface area contributed by atoms with Crippen LogP contribution in [0.1, 0.15) is 16.7 Å². The monoisotopic (exact) mass is 338 g/mol. The minimum absolute atomic E-state index is 0.138. The van der Waals surface area contributed by atoms with Gasteiger partial charge in [-0.1, -0.05) is 12.1 Å². The number of pyridine rings is 1. The molecule has 0 saturated heterocycles. The molecule has 0 saturated carbocycles. The summed E-state index contributed by atoms with van der Waals surface area (Å²) in [6.45, 7) is 1.78. The second-order valence-corrected chi connectivity index (χ2v) is 5.38. The maximum absolute atomic E-state index is 13.7. The Balaban J connectivity index is 2.06. The summed E-state index contributed by atoms with van der Waals surface area (Å²) < 4.78 is 13.7. The first-order valence-corrected chi connectivity index (χ1v) is 7.64. The molecule has 4 N–H and O–H groups in total. The van der Waals surface area contributed by atoms with Crippen molar-refractivity contribution >= 4 is 23.4 Å². The van der Waals surface area contributed by atoms with Crippen LogP contribution in [-0.4, -0.2) is 17.1 Å². The Hall–Kier alpha value is -3.28. The SMILES string of the molecule is Cc1ccc(NC(=O)/C=C\Cc2cnccc2/C(C=N)=C/N)c(F)c1. The largest absolute Gasteiger partial charge is 0.404 e. The van der Waals surface area contributed by atoms with Crippen LogP contribution >= 0.6 is 0 Å². The molecule has 0 atom stereocenters. The van der Waals surface area contributed by atoms with Gasteiger partial charge in [-0.3, -0.25) is 9.78 Å². The summed E-state index contributed by atoms with van der Waals surface area (Å²) in [6, 6.07) is 6.37. The first kappa shape index (κ1) is 18.1. The summed E-state index contributed by atoms with van der Waals surface area (Å²) in [4.78, 5) is 16.0. The molecule has 0 spiro atoms. The molecule has 0 fully saturated rings. The molecule has 6 heteroatoms. The van der Waals surface area contributed by atoms with E-state index < -0.39 is 11.7 Å². The predicted octanol–water partition coefficient (Wildman–Crippen LogP) is 3.22. The summed E-state index contributed by atoms with van der Waals surface area (Å²) >= 11 is 0. The van der Waals surface area contributed by atoms with E-state index in [0.29, 0.717) is 12.0 Å². The van der Waals surface area contributed by atoms with Crippen molar-refractivity contribution in [3.63, 3.8) is 0 Å². The first-order valence-electron chi connectivity index (χ1n) is 7.64. The van der Waals surface area contributed by atoms with Crippen LogP contribution in [0.3, 0.4) is 0 Å². The average molecular weight is 338 g/mol. The number of hydrogen-bond acceptors (Lipinski definition) is 4. The second-order valence-electron chi connectivity index (χ2n) is 5.38. The van der Waals surface area contributed by atoms with Crippen LogP contribution in [-0.2, 0) is 11.2 Å². The third-order valence-electron chi connectivity index (χ3n) is 3.54. The van der Waals surface area contributed by atoms with Crippen molar-refractivity contribution in [2.45, 2.75) is 13.3 Å². The highest BCUT2D eigenvalue weighted by molar-refractivity contribution is 6.08. The molecule has 0 aliphatic heterocycles. The molecule has 1 amide bonds. The van der Waals surface area contributed by atoms with Crippen molar-refractivity contribution in [2.75, 3.05) is 5.32 Å². The van der Waals surface area contributed by atoms with Gasteiger partial charge in [0, 0.05) is 30.4 Å². The number of allylic oxidation sites excluding steroid dienone is 2. The van der Waals surface area contributed by atoms with E-state index in [0.717, 1.165) is 22.9 Å². The van der Waals surface area contributed by atoms with Crippen molar-refractivity contribution in [1.29, 1.82) is 5.41 Å². The molecule has 1 aromatic heterocycles. The number of nitrogens with zero attached hydrogens (tertiary/aromatic N) is 1. The van der Waals surface area contributed by atoms with Gasteiger partial charge in [-0.15, -0.1) is 0 Å². The highest BCUT2D eigenvalue weighted by atomic mass is 19.1. The van der Waals surface area contributed by atoms with Gasteiger partial charge >= 0.3 is 0 Å². The van der Waals surface area contributed by atoms with Crippen LogP contribution in [0.25, 0.3) is 5.57 Å². The van der Waals surface area contributed by atoms with E-state index in [1.165, 1.54) is 24.4 Å². The van der Waals surface area contributed by atoms with Crippen LogP contribution in [0.5, 0.6) is 0 Å². The number of rotatable bonds is 6. The Bertz CT molecular complexity index is 843. The van der Waals surface area contributed by atoms with Gasteiger partial charge < -0.3 is 16.5 Å². The van der Waals surface area contributed by atoms with E-state index in [9.17, 15) is 9.18 Å². The minimum atomic E-state index is -0.472. The van der Waals surface area contributed by atoms with Crippen molar-refractivity contribution in [1.82, 2.24) is 4.98 Å². The molecule has 25 heavy (non-hydrogen) atoms. The molecule has 1 heterocycles. The zero-order chi connectivity index (χ0) is 18.2. The smallest absolute Gasteiger partial charge is 0.248 e. The van der Waals surface area contributed by atoms with Crippen molar-refractivity contribution < 1.29 is 9.18 Å². The van der Waals surface area contributed by atoms with Crippen molar-refractivity contribution in [2.24, 2.45) is 5.73 Å². The lowest BCUT2D eigenvalue weighted by molar-refractivity contribution is -0.111. The van der Waals surface area contributed by atoms with Crippen LogP contribution in [0.4, 0.5) is 10.1 Å². The second kappa shape index (κ2) is 8.54. The molecule has 0 aliphatic carbocycles. The van der Waals surface area contributed by atoms with E-state index >= 15 is 0 Å². The summed E-state index contributed by atoms with van der Waals surface area (Å²) in [5.41, 5.74) is 8.61. The number of nitrogens with one attached hydrogen (secondary N) is 2. The van der Waals surface area contributed by atoms with Gasteiger partial charge in [-0.25, -0.2) is 4.39 Å². The lowest BCUT2D eigenvalue weighted by atomic mass is 10.0. The molecule has 0 unspecified atom stereocenters. The molecule has 0 bridgehead atoms. The minimum Gasteiger partial charge on any atom is -0.404 e. The van der Waals surface area contributed by atoms with E-state index in [2.05, 4.69) is 10.3 Å². The van der Waals surface area contributed by atoms with Crippen LogP contribution in [0.2, 0.25) is 0 Å².